The van der Waals surface area contributed by atoms with Gasteiger partial charge in [-0.15, -0.1) is 0 Å². The maximum Gasteiger partial charge on any atom is 0.340 e. The summed E-state index contributed by atoms with van der Waals surface area (Å²) in [5.41, 5.74) is 2.83. The topological polar surface area (TPSA) is 76.0 Å². The van der Waals surface area contributed by atoms with E-state index in [1.54, 1.807) is 12.1 Å². The third-order valence-corrected chi connectivity index (χ3v) is 8.07. The molecule has 0 atom stereocenters. The number of rotatable bonds is 2. The first kappa shape index (κ1) is 23.7. The summed E-state index contributed by atoms with van der Waals surface area (Å²) in [5.74, 6) is -0.139. The van der Waals surface area contributed by atoms with Gasteiger partial charge in [0.15, 0.2) is 5.60 Å². The van der Waals surface area contributed by atoms with Crippen LogP contribution in [0.2, 0.25) is 10.0 Å². The van der Waals surface area contributed by atoms with Gasteiger partial charge in [-0.3, -0.25) is 0 Å². The number of phenolic OH excluding ortho intramolecular Hbond substituents is 2. The Labute approximate surface area is 233 Å². The summed E-state index contributed by atoms with van der Waals surface area (Å²) in [6, 6.07) is 28.1. The van der Waals surface area contributed by atoms with Crippen molar-refractivity contribution in [2.75, 3.05) is 0 Å². The summed E-state index contributed by atoms with van der Waals surface area (Å²) >= 11 is 14.2. The molecule has 0 aromatic heterocycles. The average molecular weight is 553 g/mol. The van der Waals surface area contributed by atoms with Crippen LogP contribution in [0.15, 0.2) is 97.1 Å². The molecule has 5 aromatic rings. The van der Waals surface area contributed by atoms with E-state index in [0.717, 1.165) is 11.1 Å². The van der Waals surface area contributed by atoms with Gasteiger partial charge < -0.3 is 19.7 Å². The van der Waals surface area contributed by atoms with E-state index in [9.17, 15) is 15.0 Å². The molecule has 0 saturated heterocycles. The van der Waals surface area contributed by atoms with E-state index in [0.29, 0.717) is 27.8 Å². The zero-order valence-electron chi connectivity index (χ0n) is 20.1. The number of carbonyl (C=O) groups excluding carboxylic acids is 1. The van der Waals surface area contributed by atoms with Crippen molar-refractivity contribution in [1.82, 2.24) is 0 Å². The number of halogens is 2. The van der Waals surface area contributed by atoms with E-state index in [-0.39, 0.29) is 38.6 Å². The number of fused-ring (bicyclic) bond motifs is 6. The molecule has 2 heterocycles. The monoisotopic (exact) mass is 552 g/mol. The SMILES string of the molecule is O=C1OC2(c3ccc(O)cc3Oc3cc(O)ccc32)c2c(Cl)c(Cl)c(-c3ccccc3)c(-c3ccccc3)c21. The maximum atomic E-state index is 14.1. The van der Waals surface area contributed by atoms with E-state index in [1.165, 1.54) is 24.3 Å². The molecule has 2 aliphatic heterocycles. The molecular formula is C32H18Cl2O5. The Kier molecular flexibility index (Phi) is 5.17. The minimum Gasteiger partial charge on any atom is -0.508 e. The second-order valence-corrected chi connectivity index (χ2v) is 10.1. The fourth-order valence-corrected chi connectivity index (χ4v) is 6.27. The van der Waals surface area contributed by atoms with E-state index in [2.05, 4.69) is 0 Å². The third kappa shape index (κ3) is 3.30. The molecular weight excluding hydrogens is 535 g/mol. The molecule has 5 aromatic carbocycles. The van der Waals surface area contributed by atoms with Gasteiger partial charge in [0.1, 0.15) is 23.0 Å². The smallest absolute Gasteiger partial charge is 0.340 e. The van der Waals surface area contributed by atoms with Crippen LogP contribution < -0.4 is 4.74 Å². The van der Waals surface area contributed by atoms with Gasteiger partial charge in [0.05, 0.1) is 15.6 Å². The van der Waals surface area contributed by atoms with Crippen molar-refractivity contribution in [1.29, 1.82) is 0 Å². The zero-order valence-corrected chi connectivity index (χ0v) is 21.6. The first-order valence-corrected chi connectivity index (χ1v) is 12.9. The van der Waals surface area contributed by atoms with Crippen LogP contribution in [0.1, 0.15) is 27.0 Å². The van der Waals surface area contributed by atoms with Crippen LogP contribution in [0.5, 0.6) is 23.0 Å². The standard InChI is InChI=1S/C32H18Cl2O5/c33-29-26(18-9-5-2-6-10-18)25(17-7-3-1-4-8-17)27-28(30(29)34)32(39-31(27)37)21-13-11-19(35)15-23(21)38-24-16-20(36)12-14-22(24)32/h1-16,35-36H. The lowest BCUT2D eigenvalue weighted by molar-refractivity contribution is 0.0225. The molecule has 7 heteroatoms. The molecule has 0 bridgehead atoms. The fourth-order valence-electron chi connectivity index (χ4n) is 5.65. The second-order valence-electron chi connectivity index (χ2n) is 9.39. The molecule has 0 radical (unpaired) electrons. The number of aromatic hydroxyl groups is 2. The first-order chi connectivity index (χ1) is 18.9. The van der Waals surface area contributed by atoms with Gasteiger partial charge in [0, 0.05) is 39.9 Å². The van der Waals surface area contributed by atoms with Crippen LogP contribution in [0.3, 0.4) is 0 Å². The fraction of sp³-hybridized carbons (Fsp3) is 0.0312. The highest BCUT2D eigenvalue weighted by Crippen LogP contribution is 2.62. The van der Waals surface area contributed by atoms with Crippen LogP contribution >= 0.6 is 23.2 Å². The van der Waals surface area contributed by atoms with Crippen LogP contribution in [0, 0.1) is 0 Å². The lowest BCUT2D eigenvalue weighted by Crippen LogP contribution is -2.33. The Morgan fingerprint density at radius 1 is 0.615 bits per heavy atom. The van der Waals surface area contributed by atoms with Crippen molar-refractivity contribution < 1.29 is 24.5 Å². The normalized spacial score (nSPS) is 14.3. The molecule has 1 spiro atoms. The molecule has 2 aliphatic rings. The highest BCUT2D eigenvalue weighted by Gasteiger charge is 2.56. The van der Waals surface area contributed by atoms with Gasteiger partial charge in [-0.05, 0) is 35.4 Å². The molecule has 0 fully saturated rings. The molecule has 2 N–H and O–H groups in total. The summed E-state index contributed by atoms with van der Waals surface area (Å²) < 4.78 is 12.4. The second kappa shape index (κ2) is 8.53. The van der Waals surface area contributed by atoms with E-state index in [4.69, 9.17) is 32.7 Å². The Morgan fingerprint density at radius 3 is 1.67 bits per heavy atom. The Morgan fingerprint density at radius 2 is 1.13 bits per heavy atom. The number of carbonyl (C=O) groups is 1. The number of benzene rings is 5. The van der Waals surface area contributed by atoms with Crippen LogP contribution in [-0.4, -0.2) is 16.2 Å². The lowest BCUT2D eigenvalue weighted by Gasteiger charge is -2.37. The van der Waals surface area contributed by atoms with E-state index in [1.807, 2.05) is 60.7 Å². The van der Waals surface area contributed by atoms with Gasteiger partial charge in [0.2, 0.25) is 0 Å². The number of ether oxygens (including phenoxy) is 2. The van der Waals surface area contributed by atoms with Crippen LogP contribution in [0.25, 0.3) is 22.3 Å². The largest absolute Gasteiger partial charge is 0.508 e. The summed E-state index contributed by atoms with van der Waals surface area (Å²) in [5, 5.41) is 20.9. The van der Waals surface area contributed by atoms with E-state index < -0.39 is 11.6 Å². The minimum atomic E-state index is -1.55. The Balaban J connectivity index is 1.66. The number of hydrogen-bond donors (Lipinski definition) is 2. The maximum absolute atomic E-state index is 14.1. The third-order valence-electron chi connectivity index (χ3n) is 7.22. The van der Waals surface area contributed by atoms with Gasteiger partial charge in [-0.25, -0.2) is 4.79 Å². The minimum absolute atomic E-state index is 0.0365. The predicted molar refractivity (Wildman–Crippen MR) is 149 cm³/mol. The average Bonchev–Trinajstić information content (AvgIpc) is 3.24. The van der Waals surface area contributed by atoms with Crippen LogP contribution in [-0.2, 0) is 10.3 Å². The molecule has 5 nitrogen and oxygen atoms in total. The number of esters is 1. The van der Waals surface area contributed by atoms with Crippen molar-refractivity contribution >= 4 is 29.2 Å². The molecule has 39 heavy (non-hydrogen) atoms. The molecule has 0 saturated carbocycles. The van der Waals surface area contributed by atoms with Gasteiger partial charge in [0.25, 0.3) is 0 Å². The Hall–Kier alpha value is -4.45. The summed E-state index contributed by atoms with van der Waals surface area (Å²) in [4.78, 5) is 14.1. The van der Waals surface area contributed by atoms with Crippen molar-refractivity contribution in [2.24, 2.45) is 0 Å². The zero-order chi connectivity index (χ0) is 26.9. The molecule has 190 valence electrons. The summed E-state index contributed by atoms with van der Waals surface area (Å²) in [7, 11) is 0. The van der Waals surface area contributed by atoms with Crippen LogP contribution in [0.4, 0.5) is 0 Å². The van der Waals surface area contributed by atoms with Gasteiger partial charge in [-0.1, -0.05) is 83.9 Å². The Bertz CT molecular complexity index is 1770. The van der Waals surface area contributed by atoms with Crippen molar-refractivity contribution in [3.8, 4) is 45.3 Å². The number of hydrogen-bond acceptors (Lipinski definition) is 5. The summed E-state index contributed by atoms with van der Waals surface area (Å²) in [6.07, 6.45) is 0. The lowest BCUT2D eigenvalue weighted by atomic mass is 9.75. The molecule has 7 rings (SSSR count). The molecule has 0 amide bonds. The first-order valence-electron chi connectivity index (χ1n) is 12.1. The molecule has 0 unspecified atom stereocenters. The summed E-state index contributed by atoms with van der Waals surface area (Å²) in [6.45, 7) is 0. The van der Waals surface area contributed by atoms with Gasteiger partial charge in [-0.2, -0.15) is 0 Å². The van der Waals surface area contributed by atoms with Crippen molar-refractivity contribution in [3.05, 3.63) is 129 Å². The highest BCUT2D eigenvalue weighted by atomic mass is 35.5. The van der Waals surface area contributed by atoms with Crippen molar-refractivity contribution in [2.45, 2.75) is 5.60 Å². The van der Waals surface area contributed by atoms with Crippen molar-refractivity contribution in [3.63, 3.8) is 0 Å². The van der Waals surface area contributed by atoms with Gasteiger partial charge >= 0.3 is 5.97 Å². The highest BCUT2D eigenvalue weighted by molar-refractivity contribution is 6.45. The molecule has 0 aliphatic carbocycles. The predicted octanol–water partition coefficient (Wildman–Crippen LogP) is 8.31. The van der Waals surface area contributed by atoms with E-state index >= 15 is 0 Å². The number of phenols is 2. The quantitative estimate of drug-likeness (QED) is 0.215.